The fourth-order valence-corrected chi connectivity index (χ4v) is 4.22. The third-order valence-electron chi connectivity index (χ3n) is 5.51. The van der Waals surface area contributed by atoms with E-state index < -0.39 is 5.41 Å². The number of hydrogen-bond donors (Lipinski definition) is 0. The largest absolute Gasteiger partial charge is 0.466 e. The van der Waals surface area contributed by atoms with Crippen LogP contribution in [0.3, 0.4) is 0 Å². The average molecular weight is 345 g/mol. The Labute approximate surface area is 149 Å². The van der Waals surface area contributed by atoms with Gasteiger partial charge in [0.1, 0.15) is 0 Å². The van der Waals surface area contributed by atoms with Crippen LogP contribution >= 0.6 is 0 Å². The zero-order chi connectivity index (χ0) is 17.9. The van der Waals surface area contributed by atoms with Gasteiger partial charge in [0, 0.05) is 45.2 Å². The number of pyridine rings is 1. The monoisotopic (exact) mass is 345 g/mol. The summed E-state index contributed by atoms with van der Waals surface area (Å²) in [6, 6.07) is 5.94. The lowest BCUT2D eigenvalue weighted by atomic mass is 9.75. The summed E-state index contributed by atoms with van der Waals surface area (Å²) in [5.74, 6) is 0.0121. The maximum Gasteiger partial charge on any atom is 0.314 e. The van der Waals surface area contributed by atoms with Crippen molar-refractivity contribution in [3.8, 4) is 0 Å². The number of rotatable bonds is 4. The van der Waals surface area contributed by atoms with Gasteiger partial charge in [-0.2, -0.15) is 0 Å². The van der Waals surface area contributed by atoms with E-state index in [0.717, 1.165) is 38.2 Å². The molecule has 1 aromatic rings. The van der Waals surface area contributed by atoms with Gasteiger partial charge < -0.3 is 9.64 Å². The molecule has 2 aliphatic heterocycles. The molecule has 3 rings (SSSR count). The van der Waals surface area contributed by atoms with Crippen molar-refractivity contribution in [3.05, 3.63) is 30.1 Å². The molecule has 3 heterocycles. The number of amides is 1. The third-order valence-corrected chi connectivity index (χ3v) is 5.51. The van der Waals surface area contributed by atoms with Crippen LogP contribution in [0.25, 0.3) is 0 Å². The summed E-state index contributed by atoms with van der Waals surface area (Å²) in [5.41, 5.74) is 0.480. The number of esters is 1. The van der Waals surface area contributed by atoms with Gasteiger partial charge in [-0.1, -0.05) is 6.07 Å². The zero-order valence-electron chi connectivity index (χ0n) is 15.1. The van der Waals surface area contributed by atoms with Gasteiger partial charge >= 0.3 is 5.97 Å². The molecular formula is C19H27N3O3. The van der Waals surface area contributed by atoms with Crippen molar-refractivity contribution < 1.29 is 14.3 Å². The highest BCUT2D eigenvalue weighted by Gasteiger charge is 2.54. The Kier molecular flexibility index (Phi) is 5.37. The first-order valence-corrected chi connectivity index (χ1v) is 9.10. The fourth-order valence-electron chi connectivity index (χ4n) is 4.22. The minimum atomic E-state index is -0.555. The van der Waals surface area contributed by atoms with Gasteiger partial charge in [0.25, 0.3) is 0 Å². The topological polar surface area (TPSA) is 62.7 Å². The van der Waals surface area contributed by atoms with E-state index in [-0.39, 0.29) is 17.8 Å². The highest BCUT2D eigenvalue weighted by Crippen LogP contribution is 2.44. The normalized spacial score (nSPS) is 26.8. The minimum absolute atomic E-state index is 0.0352. The zero-order valence-corrected chi connectivity index (χ0v) is 15.1. The Morgan fingerprint density at radius 1 is 1.36 bits per heavy atom. The van der Waals surface area contributed by atoms with Gasteiger partial charge in [-0.25, -0.2) is 0 Å². The van der Waals surface area contributed by atoms with Crippen LogP contribution in [0.15, 0.2) is 24.4 Å². The van der Waals surface area contributed by atoms with E-state index >= 15 is 0 Å². The van der Waals surface area contributed by atoms with Crippen molar-refractivity contribution in [1.82, 2.24) is 14.8 Å². The maximum atomic E-state index is 12.8. The number of hydrogen-bond acceptors (Lipinski definition) is 5. The van der Waals surface area contributed by atoms with Crippen molar-refractivity contribution in [2.24, 2.45) is 11.3 Å². The Morgan fingerprint density at radius 3 is 2.88 bits per heavy atom. The number of fused-ring (bicyclic) bond motifs is 1. The summed E-state index contributed by atoms with van der Waals surface area (Å²) in [6.07, 6.45) is 3.51. The Balaban J connectivity index is 1.80. The highest BCUT2D eigenvalue weighted by atomic mass is 16.5. The van der Waals surface area contributed by atoms with Gasteiger partial charge in [-0.3, -0.25) is 19.5 Å². The molecule has 0 aliphatic carbocycles. The molecule has 0 radical (unpaired) electrons. The predicted molar refractivity (Wildman–Crippen MR) is 93.6 cm³/mol. The first-order valence-electron chi connectivity index (χ1n) is 9.10. The molecule has 6 heteroatoms. The molecule has 2 aliphatic rings. The van der Waals surface area contributed by atoms with E-state index in [2.05, 4.69) is 9.88 Å². The van der Waals surface area contributed by atoms with Crippen LogP contribution in [0.5, 0.6) is 0 Å². The standard InChI is InChI=1S/C19H27N3O3/c1-3-25-18(24)19-8-6-10-21(13-17-7-4-5-9-20-17)11-16(19)12-22(14-19)15(2)23/h4-5,7,9,16H,3,6,8,10-14H2,1-2H3/t16-,19-/m0/s1. The number of nitrogens with zero attached hydrogens (tertiary/aromatic N) is 3. The number of aromatic nitrogens is 1. The van der Waals surface area contributed by atoms with Crippen LogP contribution in [0, 0.1) is 11.3 Å². The predicted octanol–water partition coefficient (Wildman–Crippen LogP) is 1.71. The van der Waals surface area contributed by atoms with E-state index in [0.29, 0.717) is 19.7 Å². The van der Waals surface area contributed by atoms with Gasteiger partial charge in [0.15, 0.2) is 0 Å². The molecule has 136 valence electrons. The number of carbonyl (C=O) groups excluding carboxylic acids is 2. The number of carbonyl (C=O) groups is 2. The second-order valence-electron chi connectivity index (χ2n) is 7.13. The van der Waals surface area contributed by atoms with E-state index in [1.165, 1.54) is 0 Å². The molecule has 0 bridgehead atoms. The van der Waals surface area contributed by atoms with Crippen molar-refractivity contribution in [3.63, 3.8) is 0 Å². The molecule has 0 unspecified atom stereocenters. The van der Waals surface area contributed by atoms with Gasteiger partial charge in [-0.15, -0.1) is 0 Å². The fraction of sp³-hybridized carbons (Fsp3) is 0.632. The maximum absolute atomic E-state index is 12.8. The molecule has 1 amide bonds. The van der Waals surface area contributed by atoms with Crippen LogP contribution in [0.1, 0.15) is 32.4 Å². The van der Waals surface area contributed by atoms with E-state index in [1.807, 2.05) is 36.2 Å². The Hall–Kier alpha value is -1.95. The van der Waals surface area contributed by atoms with Gasteiger partial charge in [0.05, 0.1) is 17.7 Å². The first kappa shape index (κ1) is 17.9. The lowest BCUT2D eigenvalue weighted by Crippen LogP contribution is -2.42. The SMILES string of the molecule is CCOC(=O)[C@]12CCCN(Cc3ccccn3)C[C@H]1CN(C(C)=O)C2. The van der Waals surface area contributed by atoms with Gasteiger partial charge in [-0.05, 0) is 38.4 Å². The third kappa shape index (κ3) is 3.68. The van der Waals surface area contributed by atoms with Crippen molar-refractivity contribution in [2.45, 2.75) is 33.2 Å². The van der Waals surface area contributed by atoms with Crippen LogP contribution in [-0.4, -0.2) is 59.4 Å². The van der Waals surface area contributed by atoms with Crippen LogP contribution < -0.4 is 0 Å². The molecule has 1 aromatic heterocycles. The molecule has 2 fully saturated rings. The summed E-state index contributed by atoms with van der Waals surface area (Å²) < 4.78 is 5.42. The van der Waals surface area contributed by atoms with Gasteiger partial charge in [0.2, 0.25) is 5.91 Å². The summed E-state index contributed by atoms with van der Waals surface area (Å²) in [7, 11) is 0. The first-order chi connectivity index (χ1) is 12.0. The molecular weight excluding hydrogens is 318 g/mol. The molecule has 0 saturated carbocycles. The Morgan fingerprint density at radius 2 is 2.20 bits per heavy atom. The number of likely N-dealkylation sites (tertiary alicyclic amines) is 2. The number of ether oxygens (including phenoxy) is 1. The van der Waals surface area contributed by atoms with Crippen molar-refractivity contribution in [1.29, 1.82) is 0 Å². The van der Waals surface area contributed by atoms with E-state index in [4.69, 9.17) is 4.74 Å². The lowest BCUT2D eigenvalue weighted by Gasteiger charge is -2.31. The summed E-state index contributed by atoms with van der Waals surface area (Å²) in [4.78, 5) is 33.3. The second kappa shape index (κ2) is 7.52. The lowest BCUT2D eigenvalue weighted by molar-refractivity contribution is -0.157. The van der Waals surface area contributed by atoms with Crippen LogP contribution in [0.2, 0.25) is 0 Å². The second-order valence-corrected chi connectivity index (χ2v) is 7.13. The van der Waals surface area contributed by atoms with E-state index in [1.54, 1.807) is 6.92 Å². The van der Waals surface area contributed by atoms with Crippen molar-refractivity contribution in [2.75, 3.05) is 32.8 Å². The molecule has 25 heavy (non-hydrogen) atoms. The average Bonchev–Trinajstić information content (AvgIpc) is 2.87. The highest BCUT2D eigenvalue weighted by molar-refractivity contribution is 5.81. The molecule has 0 N–H and O–H groups in total. The quantitative estimate of drug-likeness (QED) is 0.778. The molecule has 6 nitrogen and oxygen atoms in total. The summed E-state index contributed by atoms with van der Waals surface area (Å²) >= 11 is 0. The van der Waals surface area contributed by atoms with Crippen LogP contribution in [0.4, 0.5) is 0 Å². The molecule has 2 saturated heterocycles. The van der Waals surface area contributed by atoms with E-state index in [9.17, 15) is 9.59 Å². The molecule has 0 spiro atoms. The molecule has 2 atom stereocenters. The summed E-state index contributed by atoms with van der Waals surface area (Å²) in [6.45, 7) is 7.42. The summed E-state index contributed by atoms with van der Waals surface area (Å²) in [5, 5.41) is 0. The van der Waals surface area contributed by atoms with Crippen molar-refractivity contribution >= 4 is 11.9 Å². The van der Waals surface area contributed by atoms with Crippen LogP contribution in [-0.2, 0) is 20.9 Å². The Bertz CT molecular complexity index is 622. The molecule has 0 aromatic carbocycles. The smallest absolute Gasteiger partial charge is 0.314 e. The minimum Gasteiger partial charge on any atom is -0.466 e.